The van der Waals surface area contributed by atoms with Crippen molar-refractivity contribution < 1.29 is 35.3 Å². The average Bonchev–Trinajstić information content (AvgIpc) is 4.27. The number of nitrogens with zero attached hydrogens (tertiary/aromatic N) is 6. The predicted octanol–water partition coefficient (Wildman–Crippen LogP) is 14.8. The molecule has 2 aliphatic heterocycles. The van der Waals surface area contributed by atoms with Crippen LogP contribution in [0.3, 0.4) is 0 Å². The number of pyridine rings is 4. The molecule has 0 saturated heterocycles. The fraction of sp³-hybridized carbons (Fsp3) is 0.375. The van der Waals surface area contributed by atoms with Crippen LogP contribution in [-0.2, 0) is 43.2 Å². The van der Waals surface area contributed by atoms with Crippen LogP contribution in [0.2, 0.25) is 0 Å². The average molecular weight is 1010 g/mol. The third-order valence-electron chi connectivity index (χ3n) is 14.6. The number of nitrogens with one attached hydrogen (secondary N) is 2. The smallest absolute Gasteiger partial charge is 0.354 e. The normalized spacial score (nSPS) is 11.9. The van der Waals surface area contributed by atoms with E-state index in [1.54, 1.807) is 0 Å². The van der Waals surface area contributed by atoms with Crippen LogP contribution in [0, 0.1) is 0 Å². The maximum Gasteiger partial charge on any atom is 3.00 e. The van der Waals surface area contributed by atoms with E-state index in [0.717, 1.165) is 142 Å². The molecule has 7 aromatic rings. The fourth-order valence-electron chi connectivity index (χ4n) is 10.7. The molecular weight excluding hydrogens is 936 g/mol. The van der Waals surface area contributed by atoms with Crippen molar-refractivity contribution >= 4 is 46.4 Å². The summed E-state index contributed by atoms with van der Waals surface area (Å²) < 4.78 is 9.76. The van der Waals surface area contributed by atoms with Gasteiger partial charge in [-0.2, -0.15) is 18.3 Å². The van der Waals surface area contributed by atoms with Gasteiger partial charge in [0.15, 0.2) is 24.8 Å². The number of hydrogen-bond acceptors (Lipinski definition) is 2. The summed E-state index contributed by atoms with van der Waals surface area (Å²) in [5, 5.41) is 0. The Hall–Kier alpha value is -6.28. The molecule has 0 aliphatic carbocycles. The number of aromatic amines is 2. The Kier molecular flexibility index (Phi) is 19.3. The Balaban J connectivity index is 0.00000711. The van der Waals surface area contributed by atoms with Gasteiger partial charge in [0.2, 0.25) is 22.8 Å². The third-order valence-corrected chi connectivity index (χ3v) is 14.6. The summed E-state index contributed by atoms with van der Waals surface area (Å²) in [5.41, 5.74) is 16.8. The van der Waals surface area contributed by atoms with Gasteiger partial charge in [0.1, 0.15) is 26.2 Å². The van der Waals surface area contributed by atoms with Gasteiger partial charge in [-0.05, 0) is 98.5 Å². The molecule has 2 aliphatic rings. The van der Waals surface area contributed by atoms with E-state index >= 15 is 0 Å². The van der Waals surface area contributed by atoms with Crippen molar-refractivity contribution in [2.24, 2.45) is 0 Å². The molecule has 0 spiro atoms. The van der Waals surface area contributed by atoms with Crippen LogP contribution in [0.1, 0.15) is 153 Å². The number of aromatic nitrogens is 8. The molecule has 8 bridgehead atoms. The number of unbranched alkanes of at least 4 members (excludes halogenated alkanes) is 12. The van der Waals surface area contributed by atoms with Gasteiger partial charge >= 0.3 is 17.1 Å². The minimum absolute atomic E-state index is 0. The summed E-state index contributed by atoms with van der Waals surface area (Å²) in [6, 6.07) is 35.6. The molecule has 374 valence electrons. The molecule has 0 atom stereocenters. The Bertz CT molecular complexity index is 2760. The molecule has 0 fully saturated rings. The zero-order chi connectivity index (χ0) is 49.5. The number of aryl methyl sites for hydroxylation is 4. The number of H-pyrrole nitrogens is 2. The Morgan fingerprint density at radius 1 is 0.315 bits per heavy atom. The predicted molar refractivity (Wildman–Crippen MR) is 298 cm³/mol. The first-order valence-corrected chi connectivity index (χ1v) is 27.7. The summed E-state index contributed by atoms with van der Waals surface area (Å²) in [6.45, 7) is 12.9. The topological polar surface area (TPSA) is 72.9 Å². The van der Waals surface area contributed by atoms with E-state index in [0.29, 0.717) is 0 Å². The second kappa shape index (κ2) is 26.6. The molecule has 8 nitrogen and oxygen atoms in total. The molecule has 0 radical (unpaired) electrons. The molecular formula is C64H78MnN8+7. The third kappa shape index (κ3) is 12.6. The largest absolute Gasteiger partial charge is 3.00 e. The second-order valence-corrected chi connectivity index (χ2v) is 19.9. The van der Waals surface area contributed by atoms with Crippen molar-refractivity contribution in [2.75, 3.05) is 0 Å². The van der Waals surface area contributed by atoms with Crippen molar-refractivity contribution in [3.05, 3.63) is 145 Å². The SMILES string of the molecule is CCCCCC[n+]1ccccc1-c1c2nc(c(-c3cccc[n+]3CCCCCC)c3ccc([nH]3)c(-c3cccc[n+]3CCCCCC)c3nc(c(-c4cccc[n+]4CCCCCC)c4ccc1[nH]4)C=C3)C=C2.[Mn+3]. The van der Waals surface area contributed by atoms with E-state index in [9.17, 15) is 0 Å². The molecule has 9 heterocycles. The minimum Gasteiger partial charge on any atom is -0.354 e. The number of fused-ring (bicyclic) bond motifs is 8. The van der Waals surface area contributed by atoms with E-state index in [4.69, 9.17) is 9.97 Å². The summed E-state index contributed by atoms with van der Waals surface area (Å²) in [4.78, 5) is 19.6. The Morgan fingerprint density at radius 3 is 0.795 bits per heavy atom. The quantitative estimate of drug-likeness (QED) is 0.0360. The van der Waals surface area contributed by atoms with Crippen LogP contribution in [0.25, 0.3) is 91.4 Å². The van der Waals surface area contributed by atoms with Crippen molar-refractivity contribution in [1.29, 1.82) is 0 Å². The van der Waals surface area contributed by atoms with Gasteiger partial charge in [-0.15, -0.1) is 0 Å². The molecule has 7 aromatic heterocycles. The van der Waals surface area contributed by atoms with Crippen LogP contribution in [-0.4, -0.2) is 19.9 Å². The van der Waals surface area contributed by atoms with Crippen LogP contribution >= 0.6 is 0 Å². The van der Waals surface area contributed by atoms with E-state index in [1.165, 1.54) is 77.0 Å². The van der Waals surface area contributed by atoms with Crippen molar-refractivity contribution in [2.45, 2.75) is 157 Å². The molecule has 0 saturated carbocycles. The molecule has 73 heavy (non-hydrogen) atoms. The van der Waals surface area contributed by atoms with Crippen LogP contribution < -0.4 is 18.3 Å². The molecule has 0 aromatic carbocycles. The monoisotopic (exact) mass is 1010 g/mol. The first-order valence-electron chi connectivity index (χ1n) is 27.7. The summed E-state index contributed by atoms with van der Waals surface area (Å²) in [7, 11) is 0. The van der Waals surface area contributed by atoms with Gasteiger partial charge in [0.05, 0.1) is 67.1 Å². The Labute approximate surface area is 445 Å². The maximum absolute atomic E-state index is 5.74. The molecule has 0 unspecified atom stereocenters. The summed E-state index contributed by atoms with van der Waals surface area (Å²) >= 11 is 0. The van der Waals surface area contributed by atoms with Crippen molar-refractivity contribution in [3.8, 4) is 45.0 Å². The van der Waals surface area contributed by atoms with Crippen LogP contribution in [0.5, 0.6) is 0 Å². The minimum atomic E-state index is 0. The van der Waals surface area contributed by atoms with Crippen molar-refractivity contribution in [3.63, 3.8) is 0 Å². The van der Waals surface area contributed by atoms with Crippen LogP contribution in [0.4, 0.5) is 0 Å². The zero-order valence-electron chi connectivity index (χ0n) is 44.1. The van der Waals surface area contributed by atoms with Gasteiger partial charge in [0, 0.05) is 74.2 Å². The molecule has 0 amide bonds. The van der Waals surface area contributed by atoms with E-state index in [2.05, 4.69) is 202 Å². The molecule has 9 heteroatoms. The summed E-state index contributed by atoms with van der Waals surface area (Å²) in [5.74, 6) is 0. The van der Waals surface area contributed by atoms with Gasteiger partial charge < -0.3 is 9.97 Å². The van der Waals surface area contributed by atoms with Gasteiger partial charge in [-0.25, -0.2) is 9.97 Å². The molecule has 9 rings (SSSR count). The van der Waals surface area contributed by atoms with E-state index < -0.39 is 0 Å². The van der Waals surface area contributed by atoms with Gasteiger partial charge in [-0.3, -0.25) is 0 Å². The standard InChI is InChI=1S/C64H77N8.Mn/c1-5-9-13-21-41-69-45-25-17-29-57(69)61-49-33-35-51(65-49)62(58-30-18-26-46-70(58)42-22-14-10-6-2)53-37-39-55(67-53)64(60-32-20-28-48-72(60)44-24-16-12-8-4)56-40-38-54(68-56)63(52-36-34-50(61)66-52)59-31-19-27-47-71(59)43-23-15-11-7-3;/h17-20,25-40,45-48H,5-16,21-24,41-44H2,1-4H3,(H,65,66,67,68);/q2*+3/p+1. The second-order valence-electron chi connectivity index (χ2n) is 19.9. The van der Waals surface area contributed by atoms with E-state index in [-0.39, 0.29) is 17.1 Å². The van der Waals surface area contributed by atoms with Crippen LogP contribution in [0.15, 0.2) is 122 Å². The number of rotatable bonds is 24. The summed E-state index contributed by atoms with van der Waals surface area (Å²) in [6.07, 6.45) is 37.1. The maximum atomic E-state index is 5.74. The Morgan fingerprint density at radius 2 is 0.562 bits per heavy atom. The van der Waals surface area contributed by atoms with E-state index in [1.807, 2.05) is 0 Å². The van der Waals surface area contributed by atoms with Gasteiger partial charge in [0.25, 0.3) is 0 Å². The zero-order valence-corrected chi connectivity index (χ0v) is 45.2. The van der Waals surface area contributed by atoms with Crippen molar-refractivity contribution in [1.82, 2.24) is 19.9 Å². The number of hydrogen-bond donors (Lipinski definition) is 2. The first-order chi connectivity index (χ1) is 35.6. The fourth-order valence-corrected chi connectivity index (χ4v) is 10.7. The first kappa shape index (κ1) is 53.0. The molecule has 2 N–H and O–H groups in total. The van der Waals surface area contributed by atoms with Gasteiger partial charge in [-0.1, -0.05) is 79.1 Å².